The zero-order valence-corrected chi connectivity index (χ0v) is 49.3. The van der Waals surface area contributed by atoms with Crippen LogP contribution in [-0.4, -0.2) is 37.2 Å². The Bertz CT molecular complexity index is 1480. The van der Waals surface area contributed by atoms with Gasteiger partial charge in [0.15, 0.2) is 6.10 Å². The highest BCUT2D eigenvalue weighted by Crippen LogP contribution is 2.15. The third kappa shape index (κ3) is 61.1. The molecular weight excluding hydrogens is 925 g/mol. The van der Waals surface area contributed by atoms with Crippen LogP contribution >= 0.6 is 0 Å². The molecule has 0 aromatic rings. The first-order valence-electron chi connectivity index (χ1n) is 31.7. The summed E-state index contributed by atoms with van der Waals surface area (Å²) >= 11 is 0. The van der Waals surface area contributed by atoms with Crippen LogP contribution in [0.4, 0.5) is 0 Å². The monoisotopic (exact) mass is 1040 g/mol. The number of ether oxygens (including phenoxy) is 3. The number of allylic oxidation sites excluding steroid dienone is 16. The predicted molar refractivity (Wildman–Crippen MR) is 325 cm³/mol. The van der Waals surface area contributed by atoms with Crippen molar-refractivity contribution >= 4 is 17.9 Å². The number of unbranched alkanes of at least 4 members (excludes halogenated alkanes) is 30. The third-order valence-corrected chi connectivity index (χ3v) is 13.5. The topological polar surface area (TPSA) is 78.9 Å². The molecule has 0 aliphatic rings. The van der Waals surface area contributed by atoms with E-state index in [0.29, 0.717) is 19.3 Å². The van der Waals surface area contributed by atoms with E-state index in [1.807, 2.05) is 0 Å². The summed E-state index contributed by atoms with van der Waals surface area (Å²) in [5.41, 5.74) is 0. The number of carbonyl (C=O) groups is 3. The van der Waals surface area contributed by atoms with Gasteiger partial charge >= 0.3 is 17.9 Å². The fraction of sp³-hybridized carbons (Fsp3) is 0.725. The minimum absolute atomic E-state index is 0.0866. The van der Waals surface area contributed by atoms with Gasteiger partial charge in [0, 0.05) is 19.3 Å². The number of hydrogen-bond acceptors (Lipinski definition) is 6. The summed E-state index contributed by atoms with van der Waals surface area (Å²) in [4.78, 5) is 38.3. The molecule has 1 atom stereocenters. The van der Waals surface area contributed by atoms with Gasteiger partial charge in [-0.15, -0.1) is 0 Å². The summed E-state index contributed by atoms with van der Waals surface area (Å²) in [5, 5.41) is 0. The van der Waals surface area contributed by atoms with Crippen molar-refractivity contribution in [2.45, 2.75) is 309 Å². The highest BCUT2D eigenvalue weighted by atomic mass is 16.6. The van der Waals surface area contributed by atoms with E-state index in [9.17, 15) is 14.4 Å². The molecule has 6 nitrogen and oxygen atoms in total. The van der Waals surface area contributed by atoms with Gasteiger partial charge in [0.25, 0.3) is 0 Å². The normalized spacial score (nSPS) is 12.7. The highest BCUT2D eigenvalue weighted by Gasteiger charge is 2.19. The summed E-state index contributed by atoms with van der Waals surface area (Å²) in [6.07, 6.45) is 84.0. The molecule has 0 bridgehead atoms. The second kappa shape index (κ2) is 62.9. The largest absolute Gasteiger partial charge is 0.462 e. The Morgan fingerprint density at radius 3 is 0.827 bits per heavy atom. The van der Waals surface area contributed by atoms with Crippen LogP contribution in [0.25, 0.3) is 0 Å². The van der Waals surface area contributed by atoms with Gasteiger partial charge in [-0.2, -0.15) is 0 Å². The average Bonchev–Trinajstić information content (AvgIpc) is 3.41. The van der Waals surface area contributed by atoms with Gasteiger partial charge in [0.05, 0.1) is 0 Å². The van der Waals surface area contributed by atoms with Crippen LogP contribution < -0.4 is 0 Å². The molecule has 75 heavy (non-hydrogen) atoms. The van der Waals surface area contributed by atoms with E-state index in [1.54, 1.807) is 0 Å². The van der Waals surface area contributed by atoms with Gasteiger partial charge in [0.2, 0.25) is 0 Å². The van der Waals surface area contributed by atoms with Crippen molar-refractivity contribution in [3.8, 4) is 0 Å². The fourth-order valence-electron chi connectivity index (χ4n) is 8.79. The molecule has 0 N–H and O–H groups in total. The molecule has 1 unspecified atom stereocenters. The smallest absolute Gasteiger partial charge is 0.306 e. The molecule has 6 heteroatoms. The molecule has 430 valence electrons. The van der Waals surface area contributed by atoms with Crippen molar-refractivity contribution in [3.63, 3.8) is 0 Å². The maximum absolute atomic E-state index is 12.9. The Morgan fingerprint density at radius 1 is 0.280 bits per heavy atom. The van der Waals surface area contributed by atoms with Gasteiger partial charge < -0.3 is 14.2 Å². The number of hydrogen-bond donors (Lipinski definition) is 0. The van der Waals surface area contributed by atoms with E-state index in [0.717, 1.165) is 122 Å². The van der Waals surface area contributed by atoms with Crippen molar-refractivity contribution in [2.75, 3.05) is 13.2 Å². The summed E-state index contributed by atoms with van der Waals surface area (Å²) in [6, 6.07) is 0. The Morgan fingerprint density at radius 2 is 0.520 bits per heavy atom. The van der Waals surface area contributed by atoms with E-state index in [2.05, 4.69) is 118 Å². The Kier molecular flexibility index (Phi) is 59.8. The van der Waals surface area contributed by atoms with Crippen molar-refractivity contribution < 1.29 is 28.6 Å². The molecule has 0 amide bonds. The van der Waals surface area contributed by atoms with E-state index >= 15 is 0 Å². The zero-order chi connectivity index (χ0) is 54.3. The van der Waals surface area contributed by atoms with Crippen LogP contribution in [-0.2, 0) is 28.6 Å². The second-order valence-electron chi connectivity index (χ2n) is 20.9. The van der Waals surface area contributed by atoms with Crippen LogP contribution in [0.15, 0.2) is 97.2 Å². The van der Waals surface area contributed by atoms with Crippen LogP contribution in [0.3, 0.4) is 0 Å². The zero-order valence-electron chi connectivity index (χ0n) is 49.3. The molecule has 0 aliphatic carbocycles. The summed E-state index contributed by atoms with van der Waals surface area (Å²) in [6.45, 7) is 6.52. The number of carbonyl (C=O) groups excluding carboxylic acids is 3. The first-order valence-corrected chi connectivity index (χ1v) is 31.7. The number of rotatable bonds is 57. The van der Waals surface area contributed by atoms with Gasteiger partial charge in [0.1, 0.15) is 13.2 Å². The lowest BCUT2D eigenvalue weighted by Gasteiger charge is -2.18. The van der Waals surface area contributed by atoms with Crippen LogP contribution in [0.5, 0.6) is 0 Å². The van der Waals surface area contributed by atoms with Gasteiger partial charge in [-0.3, -0.25) is 14.4 Å². The van der Waals surface area contributed by atoms with Crippen LogP contribution in [0, 0.1) is 0 Å². The molecule has 0 heterocycles. The summed E-state index contributed by atoms with van der Waals surface area (Å²) in [7, 11) is 0. The van der Waals surface area contributed by atoms with E-state index < -0.39 is 6.10 Å². The molecule has 0 saturated heterocycles. The van der Waals surface area contributed by atoms with Crippen molar-refractivity contribution in [2.24, 2.45) is 0 Å². The molecule has 0 radical (unpaired) electrons. The van der Waals surface area contributed by atoms with Crippen LogP contribution in [0.1, 0.15) is 303 Å². The Labute approximate surface area is 464 Å². The minimum Gasteiger partial charge on any atom is -0.462 e. The summed E-state index contributed by atoms with van der Waals surface area (Å²) in [5.74, 6) is -0.903. The van der Waals surface area contributed by atoms with Gasteiger partial charge in [-0.1, -0.05) is 259 Å². The SMILES string of the molecule is CC/C=C\C/C=C\C/C=C\C/C=C\C/C=C\C/C=C\CCCCCCCCCCC(=O)OCC(COC(=O)CCCCCCC/C=C\CCCCCCCC)OC(=O)CCCCCCC/C=C\CCCCCCCC. The first-order chi connectivity index (χ1) is 37.0. The molecule has 0 aromatic carbocycles. The summed E-state index contributed by atoms with van der Waals surface area (Å²) < 4.78 is 16.9. The van der Waals surface area contributed by atoms with Crippen LogP contribution in [0.2, 0.25) is 0 Å². The molecule has 0 rings (SSSR count). The van der Waals surface area contributed by atoms with Gasteiger partial charge in [-0.25, -0.2) is 0 Å². The van der Waals surface area contributed by atoms with E-state index in [4.69, 9.17) is 14.2 Å². The fourth-order valence-corrected chi connectivity index (χ4v) is 8.79. The molecule has 0 spiro atoms. The van der Waals surface area contributed by atoms with Crippen molar-refractivity contribution in [3.05, 3.63) is 97.2 Å². The minimum atomic E-state index is -0.790. The maximum atomic E-state index is 12.9. The molecule has 0 aromatic heterocycles. The molecule has 0 saturated carbocycles. The standard InChI is InChI=1S/C69H118O6/c1-4-7-10-13-16-19-22-25-28-29-30-31-32-33-34-35-36-37-38-39-42-44-47-50-53-56-59-62-68(71)74-65-66(75-69(72)63-60-57-54-51-48-45-41-27-24-21-18-15-12-9-6-3)64-73-67(70)61-58-55-52-49-46-43-40-26-23-20-17-14-11-8-5-2/h7,10,16,19,25-28,30-31,33-34,36-37,40-41,66H,4-6,8-9,11-15,17-18,20-24,29,32,35,38-39,42-65H2,1-3H3/b10-7-,19-16-,28-25-,31-30-,34-33-,37-36-,40-26-,41-27-. The van der Waals surface area contributed by atoms with Crippen molar-refractivity contribution in [1.29, 1.82) is 0 Å². The number of esters is 3. The quantitative estimate of drug-likeness (QED) is 0.0261. The maximum Gasteiger partial charge on any atom is 0.306 e. The lowest BCUT2D eigenvalue weighted by atomic mass is 10.1. The van der Waals surface area contributed by atoms with E-state index in [1.165, 1.54) is 141 Å². The van der Waals surface area contributed by atoms with E-state index in [-0.39, 0.29) is 31.1 Å². The van der Waals surface area contributed by atoms with Crippen molar-refractivity contribution in [1.82, 2.24) is 0 Å². The third-order valence-electron chi connectivity index (χ3n) is 13.5. The molecule has 0 aliphatic heterocycles. The second-order valence-corrected chi connectivity index (χ2v) is 20.9. The average molecular weight is 1040 g/mol. The highest BCUT2D eigenvalue weighted by molar-refractivity contribution is 5.71. The van der Waals surface area contributed by atoms with Gasteiger partial charge in [-0.05, 0) is 122 Å². The Hall–Kier alpha value is -3.67. The lowest BCUT2D eigenvalue weighted by Crippen LogP contribution is -2.30. The molecular formula is C69H118O6. The lowest BCUT2D eigenvalue weighted by molar-refractivity contribution is -0.167. The molecule has 0 fully saturated rings. The first kappa shape index (κ1) is 71.3. The predicted octanol–water partition coefficient (Wildman–Crippen LogP) is 21.7. The Balaban J connectivity index is 4.34.